The van der Waals surface area contributed by atoms with Gasteiger partial charge in [0, 0.05) is 33.3 Å². The monoisotopic (exact) mass is 250 g/mol. The Balaban J connectivity index is 1.82. The fourth-order valence-corrected chi connectivity index (χ4v) is 1.73. The van der Waals surface area contributed by atoms with Crippen LogP contribution in [0.15, 0.2) is 6.07 Å². The number of aryl methyl sites for hydroxylation is 1. The van der Waals surface area contributed by atoms with E-state index in [0.717, 1.165) is 43.1 Å². The summed E-state index contributed by atoms with van der Waals surface area (Å²) in [5, 5.41) is 3.04. The Morgan fingerprint density at radius 2 is 2.22 bits per heavy atom. The smallest absolute Gasteiger partial charge is 0.134 e. The summed E-state index contributed by atoms with van der Waals surface area (Å²) in [5.41, 5.74) is 0. The SMILES string of the molecule is CNc1cc(N(C)CCOCC2CC2)nc(C)n1. The van der Waals surface area contributed by atoms with Crippen LogP contribution in [-0.2, 0) is 4.74 Å². The van der Waals surface area contributed by atoms with Gasteiger partial charge in [0.05, 0.1) is 6.61 Å². The Labute approximate surface area is 109 Å². The Morgan fingerprint density at radius 3 is 2.89 bits per heavy atom. The molecule has 0 radical (unpaired) electrons. The molecule has 0 aliphatic heterocycles. The largest absolute Gasteiger partial charge is 0.379 e. The third-order valence-corrected chi connectivity index (χ3v) is 3.09. The van der Waals surface area contributed by atoms with Gasteiger partial charge in [0.2, 0.25) is 0 Å². The second kappa shape index (κ2) is 6.00. The fraction of sp³-hybridized carbons (Fsp3) is 0.692. The summed E-state index contributed by atoms with van der Waals surface area (Å²) in [4.78, 5) is 10.8. The zero-order valence-electron chi connectivity index (χ0n) is 11.4. The van der Waals surface area contributed by atoms with Gasteiger partial charge >= 0.3 is 0 Å². The number of rotatable bonds is 7. The predicted octanol–water partition coefficient (Wildman–Crippen LogP) is 1.69. The topological polar surface area (TPSA) is 50.3 Å². The standard InChI is InChI=1S/C13H22N4O/c1-10-15-12(14-2)8-13(16-10)17(3)6-7-18-9-11-4-5-11/h8,11H,4-7,9H2,1-3H3,(H,14,15,16). The minimum atomic E-state index is 0.755. The molecule has 0 bridgehead atoms. The van der Waals surface area contributed by atoms with Crippen molar-refractivity contribution < 1.29 is 4.74 Å². The van der Waals surface area contributed by atoms with Gasteiger partial charge in [-0.05, 0) is 25.7 Å². The van der Waals surface area contributed by atoms with Crippen LogP contribution in [0, 0.1) is 12.8 Å². The van der Waals surface area contributed by atoms with Crippen molar-refractivity contribution in [1.29, 1.82) is 0 Å². The summed E-state index contributed by atoms with van der Waals surface area (Å²) in [7, 11) is 3.89. The molecule has 18 heavy (non-hydrogen) atoms. The van der Waals surface area contributed by atoms with Crippen molar-refractivity contribution in [3.05, 3.63) is 11.9 Å². The molecule has 0 saturated heterocycles. The molecule has 1 saturated carbocycles. The van der Waals surface area contributed by atoms with Gasteiger partial charge in [-0.15, -0.1) is 0 Å². The number of likely N-dealkylation sites (N-methyl/N-ethyl adjacent to an activating group) is 1. The van der Waals surface area contributed by atoms with Crippen molar-refractivity contribution in [1.82, 2.24) is 9.97 Å². The van der Waals surface area contributed by atoms with Crippen LogP contribution in [0.3, 0.4) is 0 Å². The Kier molecular flexibility index (Phi) is 4.36. The van der Waals surface area contributed by atoms with E-state index in [1.807, 2.05) is 27.1 Å². The van der Waals surface area contributed by atoms with E-state index < -0.39 is 0 Å². The van der Waals surface area contributed by atoms with Crippen molar-refractivity contribution >= 4 is 11.6 Å². The van der Waals surface area contributed by atoms with Crippen LogP contribution in [0.4, 0.5) is 11.6 Å². The minimum Gasteiger partial charge on any atom is -0.379 e. The molecule has 1 aromatic heterocycles. The lowest BCUT2D eigenvalue weighted by Crippen LogP contribution is -2.24. The number of nitrogens with zero attached hydrogens (tertiary/aromatic N) is 3. The number of ether oxygens (including phenoxy) is 1. The van der Waals surface area contributed by atoms with Crippen LogP contribution in [0.25, 0.3) is 0 Å². The van der Waals surface area contributed by atoms with Gasteiger partial charge in [-0.3, -0.25) is 0 Å². The first kappa shape index (κ1) is 13.1. The molecule has 5 nitrogen and oxygen atoms in total. The van der Waals surface area contributed by atoms with E-state index in [-0.39, 0.29) is 0 Å². The first-order chi connectivity index (χ1) is 8.69. The number of aromatic nitrogens is 2. The number of hydrogen-bond donors (Lipinski definition) is 1. The molecule has 0 atom stereocenters. The fourth-order valence-electron chi connectivity index (χ4n) is 1.73. The van der Waals surface area contributed by atoms with Crippen molar-refractivity contribution in [3.63, 3.8) is 0 Å². The summed E-state index contributed by atoms with van der Waals surface area (Å²) >= 11 is 0. The summed E-state index contributed by atoms with van der Waals surface area (Å²) < 4.78 is 5.64. The van der Waals surface area contributed by atoms with E-state index in [1.54, 1.807) is 0 Å². The van der Waals surface area contributed by atoms with E-state index in [0.29, 0.717) is 0 Å². The molecule has 1 N–H and O–H groups in total. The van der Waals surface area contributed by atoms with Gasteiger partial charge in [0.1, 0.15) is 17.5 Å². The van der Waals surface area contributed by atoms with Gasteiger partial charge in [0.15, 0.2) is 0 Å². The molecular formula is C13H22N4O. The molecule has 1 fully saturated rings. The van der Waals surface area contributed by atoms with Crippen LogP contribution in [0.1, 0.15) is 18.7 Å². The molecule has 1 aliphatic rings. The molecule has 1 aromatic rings. The molecule has 1 aliphatic carbocycles. The van der Waals surface area contributed by atoms with Crippen molar-refractivity contribution in [3.8, 4) is 0 Å². The highest BCUT2D eigenvalue weighted by Gasteiger charge is 2.21. The molecule has 2 rings (SSSR count). The highest BCUT2D eigenvalue weighted by Crippen LogP contribution is 2.28. The van der Waals surface area contributed by atoms with Crippen molar-refractivity contribution in [2.45, 2.75) is 19.8 Å². The van der Waals surface area contributed by atoms with Crippen LogP contribution in [0.2, 0.25) is 0 Å². The third kappa shape index (κ3) is 3.84. The molecule has 100 valence electrons. The lowest BCUT2D eigenvalue weighted by molar-refractivity contribution is 0.131. The van der Waals surface area contributed by atoms with Crippen LogP contribution in [-0.4, -0.2) is 43.8 Å². The van der Waals surface area contributed by atoms with Crippen molar-refractivity contribution in [2.24, 2.45) is 5.92 Å². The lowest BCUT2D eigenvalue weighted by atomic mass is 10.4. The molecule has 0 unspecified atom stereocenters. The Morgan fingerprint density at radius 1 is 1.44 bits per heavy atom. The first-order valence-electron chi connectivity index (χ1n) is 6.51. The molecular weight excluding hydrogens is 228 g/mol. The molecule has 0 amide bonds. The van der Waals surface area contributed by atoms with E-state index >= 15 is 0 Å². The maximum Gasteiger partial charge on any atom is 0.134 e. The summed E-state index contributed by atoms with van der Waals surface area (Å²) in [6, 6.07) is 1.95. The van der Waals surface area contributed by atoms with E-state index in [1.165, 1.54) is 12.8 Å². The van der Waals surface area contributed by atoms with Gasteiger partial charge in [0.25, 0.3) is 0 Å². The minimum absolute atomic E-state index is 0.755. The zero-order valence-corrected chi connectivity index (χ0v) is 11.4. The van der Waals surface area contributed by atoms with Crippen molar-refractivity contribution in [2.75, 3.05) is 44.1 Å². The average molecular weight is 250 g/mol. The predicted molar refractivity (Wildman–Crippen MR) is 73.1 cm³/mol. The van der Waals surface area contributed by atoms with Crippen LogP contribution >= 0.6 is 0 Å². The average Bonchev–Trinajstić information content (AvgIpc) is 3.17. The van der Waals surface area contributed by atoms with Gasteiger partial charge in [-0.25, -0.2) is 9.97 Å². The van der Waals surface area contributed by atoms with Gasteiger partial charge < -0.3 is 15.0 Å². The molecule has 1 heterocycles. The Hall–Kier alpha value is -1.36. The summed E-state index contributed by atoms with van der Waals surface area (Å²) in [5.74, 6) is 3.39. The van der Waals surface area contributed by atoms with Gasteiger partial charge in [-0.2, -0.15) is 0 Å². The zero-order chi connectivity index (χ0) is 13.0. The van der Waals surface area contributed by atoms with E-state index in [4.69, 9.17) is 4.74 Å². The number of anilines is 2. The quantitative estimate of drug-likeness (QED) is 0.746. The van der Waals surface area contributed by atoms with Crippen LogP contribution < -0.4 is 10.2 Å². The maximum atomic E-state index is 5.64. The van der Waals surface area contributed by atoms with Crippen LogP contribution in [0.5, 0.6) is 0 Å². The second-order valence-electron chi connectivity index (χ2n) is 4.85. The van der Waals surface area contributed by atoms with E-state index in [2.05, 4.69) is 20.2 Å². The molecule has 5 heteroatoms. The highest BCUT2D eigenvalue weighted by atomic mass is 16.5. The first-order valence-corrected chi connectivity index (χ1v) is 6.51. The highest BCUT2D eigenvalue weighted by molar-refractivity contribution is 5.48. The number of nitrogens with one attached hydrogen (secondary N) is 1. The Bertz CT molecular complexity index is 393. The third-order valence-electron chi connectivity index (χ3n) is 3.09. The molecule has 0 spiro atoms. The summed E-state index contributed by atoms with van der Waals surface area (Å²) in [6.45, 7) is 4.43. The maximum absolute atomic E-state index is 5.64. The van der Waals surface area contributed by atoms with Gasteiger partial charge in [-0.1, -0.05) is 0 Å². The normalized spacial score (nSPS) is 14.6. The second-order valence-corrected chi connectivity index (χ2v) is 4.85. The van der Waals surface area contributed by atoms with E-state index in [9.17, 15) is 0 Å². The molecule has 0 aromatic carbocycles. The summed E-state index contributed by atoms with van der Waals surface area (Å²) in [6.07, 6.45) is 2.68. The number of hydrogen-bond acceptors (Lipinski definition) is 5. The lowest BCUT2D eigenvalue weighted by Gasteiger charge is -2.19.